The second kappa shape index (κ2) is 7.81. The summed E-state index contributed by atoms with van der Waals surface area (Å²) in [5.41, 5.74) is -2.20. The third-order valence-electron chi connectivity index (χ3n) is 4.00. The molecular formula is C19H12F7N3O. The van der Waals surface area contributed by atoms with Gasteiger partial charge in [0, 0.05) is 18.8 Å². The molecule has 0 fully saturated rings. The van der Waals surface area contributed by atoms with E-state index in [0.717, 1.165) is 24.5 Å². The van der Waals surface area contributed by atoms with Crippen LogP contribution in [-0.2, 0) is 12.4 Å². The maximum Gasteiger partial charge on any atom is 0.419 e. The summed E-state index contributed by atoms with van der Waals surface area (Å²) in [7, 11) is 1.45. The Balaban J connectivity index is 1.87. The van der Waals surface area contributed by atoms with Crippen molar-refractivity contribution in [1.29, 1.82) is 0 Å². The largest absolute Gasteiger partial charge is 0.439 e. The summed E-state index contributed by atoms with van der Waals surface area (Å²) in [6.07, 6.45) is -8.41. The number of rotatable bonds is 4. The molecule has 0 saturated heterocycles. The quantitative estimate of drug-likeness (QED) is 0.460. The maximum atomic E-state index is 13.4. The van der Waals surface area contributed by atoms with Crippen molar-refractivity contribution in [3.8, 4) is 11.6 Å². The van der Waals surface area contributed by atoms with Crippen molar-refractivity contribution in [3.63, 3.8) is 0 Å². The van der Waals surface area contributed by atoms with Crippen molar-refractivity contribution in [3.05, 3.63) is 71.8 Å². The van der Waals surface area contributed by atoms with Gasteiger partial charge in [-0.3, -0.25) is 0 Å². The number of alkyl halides is 6. The monoisotopic (exact) mass is 431 g/mol. The van der Waals surface area contributed by atoms with Gasteiger partial charge in [0.2, 0.25) is 5.88 Å². The molecule has 0 aliphatic rings. The lowest BCUT2D eigenvalue weighted by atomic mass is 10.2. The Morgan fingerprint density at radius 1 is 0.867 bits per heavy atom. The van der Waals surface area contributed by atoms with Crippen LogP contribution in [0, 0.1) is 5.82 Å². The molecule has 11 heteroatoms. The SMILES string of the molecule is CN(c1cccc(C(F)(F)F)c1)c1cc(Oc2ccc(F)c(C(F)(F)F)c2)ncn1. The standard InChI is InChI=1S/C19H12F7N3O/c1-29(12-4-2-3-11(7-12)18(21,22)23)16-9-17(28-10-27-16)30-13-5-6-15(20)14(8-13)19(24,25)26/h2-10H,1H3. The van der Waals surface area contributed by atoms with Crippen molar-refractivity contribution < 1.29 is 35.5 Å². The van der Waals surface area contributed by atoms with Crippen LogP contribution in [-0.4, -0.2) is 17.0 Å². The van der Waals surface area contributed by atoms with E-state index in [1.54, 1.807) is 0 Å². The van der Waals surface area contributed by atoms with Crippen LogP contribution < -0.4 is 9.64 Å². The molecule has 0 N–H and O–H groups in total. The van der Waals surface area contributed by atoms with Gasteiger partial charge in [-0.15, -0.1) is 0 Å². The van der Waals surface area contributed by atoms with Crippen LogP contribution in [0.5, 0.6) is 11.6 Å². The van der Waals surface area contributed by atoms with Crippen molar-refractivity contribution in [2.45, 2.75) is 12.4 Å². The Bertz CT molecular complexity index is 1050. The number of nitrogens with zero attached hydrogens (tertiary/aromatic N) is 3. The molecule has 3 rings (SSSR count). The Labute approximate surface area is 165 Å². The molecule has 30 heavy (non-hydrogen) atoms. The van der Waals surface area contributed by atoms with Gasteiger partial charge in [-0.2, -0.15) is 26.3 Å². The molecule has 0 bridgehead atoms. The van der Waals surface area contributed by atoms with E-state index in [1.807, 2.05) is 0 Å². The molecule has 4 nitrogen and oxygen atoms in total. The third-order valence-corrected chi connectivity index (χ3v) is 4.00. The Hall–Kier alpha value is -3.37. The van der Waals surface area contributed by atoms with E-state index in [0.29, 0.717) is 12.1 Å². The molecule has 0 amide bonds. The van der Waals surface area contributed by atoms with Gasteiger partial charge in [0.05, 0.1) is 11.1 Å². The number of anilines is 2. The lowest BCUT2D eigenvalue weighted by molar-refractivity contribution is -0.140. The van der Waals surface area contributed by atoms with Gasteiger partial charge in [-0.1, -0.05) is 6.07 Å². The summed E-state index contributed by atoms with van der Waals surface area (Å²) in [5.74, 6) is -1.84. The average Bonchev–Trinajstić information content (AvgIpc) is 2.68. The molecular weight excluding hydrogens is 419 g/mol. The molecule has 1 aromatic heterocycles. The molecule has 2 aromatic carbocycles. The second-order valence-electron chi connectivity index (χ2n) is 6.06. The summed E-state index contributed by atoms with van der Waals surface area (Å²) < 4.78 is 95.9. The number of halogens is 7. The van der Waals surface area contributed by atoms with Gasteiger partial charge in [0.25, 0.3) is 0 Å². The molecule has 0 atom stereocenters. The first-order valence-corrected chi connectivity index (χ1v) is 8.23. The van der Waals surface area contributed by atoms with E-state index < -0.39 is 29.3 Å². The smallest absolute Gasteiger partial charge is 0.419 e. The van der Waals surface area contributed by atoms with Gasteiger partial charge in [-0.05, 0) is 36.4 Å². The molecule has 1 heterocycles. The molecule has 0 radical (unpaired) electrons. The van der Waals surface area contributed by atoms with Crippen LogP contribution in [0.3, 0.4) is 0 Å². The van der Waals surface area contributed by atoms with Crippen LogP contribution in [0.15, 0.2) is 54.9 Å². The first kappa shape index (κ1) is 21.3. The van der Waals surface area contributed by atoms with Crippen LogP contribution >= 0.6 is 0 Å². The van der Waals surface area contributed by atoms with Crippen LogP contribution in [0.1, 0.15) is 11.1 Å². The number of hydrogen-bond acceptors (Lipinski definition) is 4. The summed E-state index contributed by atoms with van der Waals surface area (Å²) in [6.45, 7) is 0. The Morgan fingerprint density at radius 2 is 1.60 bits per heavy atom. The minimum absolute atomic E-state index is 0.123. The van der Waals surface area contributed by atoms with E-state index in [9.17, 15) is 30.7 Å². The number of aromatic nitrogens is 2. The third kappa shape index (κ3) is 4.78. The molecule has 3 aromatic rings. The van der Waals surface area contributed by atoms with E-state index in [4.69, 9.17) is 4.74 Å². The van der Waals surface area contributed by atoms with Crippen LogP contribution in [0.2, 0.25) is 0 Å². The Morgan fingerprint density at radius 3 is 2.27 bits per heavy atom. The molecule has 0 spiro atoms. The maximum absolute atomic E-state index is 13.4. The average molecular weight is 431 g/mol. The highest BCUT2D eigenvalue weighted by molar-refractivity contribution is 5.60. The van der Waals surface area contributed by atoms with Gasteiger partial charge in [-0.25, -0.2) is 14.4 Å². The van der Waals surface area contributed by atoms with Gasteiger partial charge < -0.3 is 9.64 Å². The van der Waals surface area contributed by atoms with E-state index >= 15 is 0 Å². The van der Waals surface area contributed by atoms with E-state index in [2.05, 4.69) is 9.97 Å². The Kier molecular flexibility index (Phi) is 5.55. The zero-order valence-electron chi connectivity index (χ0n) is 15.1. The number of ether oxygens (including phenoxy) is 1. The van der Waals surface area contributed by atoms with E-state index in [1.165, 1.54) is 30.1 Å². The van der Waals surface area contributed by atoms with Crippen LogP contribution in [0.4, 0.5) is 42.2 Å². The molecule has 158 valence electrons. The van der Waals surface area contributed by atoms with Crippen LogP contribution in [0.25, 0.3) is 0 Å². The molecule has 0 aliphatic heterocycles. The fourth-order valence-electron chi connectivity index (χ4n) is 2.50. The lowest BCUT2D eigenvalue weighted by Crippen LogP contribution is -2.13. The minimum atomic E-state index is -4.91. The zero-order chi connectivity index (χ0) is 22.1. The predicted molar refractivity (Wildman–Crippen MR) is 93.0 cm³/mol. The zero-order valence-corrected chi connectivity index (χ0v) is 15.1. The normalized spacial score (nSPS) is 12.0. The molecule has 0 saturated carbocycles. The van der Waals surface area contributed by atoms with Crippen molar-refractivity contribution in [1.82, 2.24) is 9.97 Å². The summed E-state index contributed by atoms with van der Waals surface area (Å²) in [6, 6.07) is 7.77. The van der Waals surface area contributed by atoms with Gasteiger partial charge in [0.15, 0.2) is 0 Å². The summed E-state index contributed by atoms with van der Waals surface area (Å²) in [5, 5.41) is 0. The first-order valence-electron chi connectivity index (χ1n) is 8.23. The summed E-state index contributed by atoms with van der Waals surface area (Å²) >= 11 is 0. The number of hydrogen-bond donors (Lipinski definition) is 0. The fraction of sp³-hybridized carbons (Fsp3) is 0.158. The lowest BCUT2D eigenvalue weighted by Gasteiger charge is -2.20. The second-order valence-corrected chi connectivity index (χ2v) is 6.06. The topological polar surface area (TPSA) is 38.2 Å². The molecule has 0 aliphatic carbocycles. The summed E-state index contributed by atoms with van der Waals surface area (Å²) in [4.78, 5) is 9.02. The number of benzene rings is 2. The van der Waals surface area contributed by atoms with Gasteiger partial charge in [0.1, 0.15) is 23.7 Å². The fourth-order valence-corrected chi connectivity index (χ4v) is 2.50. The van der Waals surface area contributed by atoms with Gasteiger partial charge >= 0.3 is 12.4 Å². The highest BCUT2D eigenvalue weighted by atomic mass is 19.4. The van der Waals surface area contributed by atoms with Crippen molar-refractivity contribution in [2.75, 3.05) is 11.9 Å². The van der Waals surface area contributed by atoms with E-state index in [-0.39, 0.29) is 23.1 Å². The van der Waals surface area contributed by atoms with Crippen molar-refractivity contribution in [2.24, 2.45) is 0 Å². The highest BCUT2D eigenvalue weighted by Crippen LogP contribution is 2.36. The first-order chi connectivity index (χ1) is 13.9. The predicted octanol–water partition coefficient (Wildman–Crippen LogP) is 6.21. The van der Waals surface area contributed by atoms with Crippen molar-refractivity contribution >= 4 is 11.5 Å². The highest BCUT2D eigenvalue weighted by Gasteiger charge is 2.34. The molecule has 0 unspecified atom stereocenters. The minimum Gasteiger partial charge on any atom is -0.439 e.